The third-order valence-corrected chi connectivity index (χ3v) is 3.97. The van der Waals surface area contributed by atoms with Crippen LogP contribution in [0.25, 0.3) is 0 Å². The Kier molecular flexibility index (Phi) is 5.59. The Morgan fingerprint density at radius 1 is 1.39 bits per heavy atom. The predicted molar refractivity (Wildman–Crippen MR) is 79.4 cm³/mol. The number of carboxylic acids is 1. The molecule has 1 aromatic rings. The van der Waals surface area contributed by atoms with E-state index in [2.05, 4.69) is 22.6 Å². The van der Waals surface area contributed by atoms with Crippen molar-refractivity contribution in [2.75, 3.05) is 0 Å². The van der Waals surface area contributed by atoms with Crippen LogP contribution in [0, 0.1) is 9.49 Å². The van der Waals surface area contributed by atoms with Crippen LogP contribution in [0.2, 0.25) is 0 Å². The van der Waals surface area contributed by atoms with E-state index in [1.165, 1.54) is 0 Å². The zero-order valence-electron chi connectivity index (χ0n) is 10.7. The largest absolute Gasteiger partial charge is 0.481 e. The number of carbonyl (C=O) groups is 1. The van der Waals surface area contributed by atoms with E-state index in [0.29, 0.717) is 12.0 Å². The van der Waals surface area contributed by atoms with Gasteiger partial charge < -0.3 is 10.2 Å². The molecule has 4 heteroatoms. The molecule has 2 unspecified atom stereocenters. The Balaban J connectivity index is 3.00. The molecule has 0 heterocycles. The van der Waals surface area contributed by atoms with Crippen molar-refractivity contribution in [3.63, 3.8) is 0 Å². The Morgan fingerprint density at radius 3 is 2.39 bits per heavy atom. The van der Waals surface area contributed by atoms with Gasteiger partial charge in [-0.15, -0.1) is 0 Å². The van der Waals surface area contributed by atoms with Gasteiger partial charge in [0.1, 0.15) is 5.60 Å². The number of hydrogen-bond acceptors (Lipinski definition) is 2. The second kappa shape index (κ2) is 6.52. The topological polar surface area (TPSA) is 57.5 Å². The van der Waals surface area contributed by atoms with Crippen molar-refractivity contribution in [1.82, 2.24) is 0 Å². The molecule has 0 bridgehead atoms. The molecule has 0 saturated heterocycles. The highest BCUT2D eigenvalue weighted by molar-refractivity contribution is 14.1. The van der Waals surface area contributed by atoms with E-state index in [-0.39, 0.29) is 0 Å². The summed E-state index contributed by atoms with van der Waals surface area (Å²) in [6.07, 6.45) is 2.22. The average Bonchev–Trinajstić information content (AvgIpc) is 2.29. The fraction of sp³-hybridized carbons (Fsp3) is 0.500. The smallest absolute Gasteiger partial charge is 0.309 e. The van der Waals surface area contributed by atoms with Crippen LogP contribution in [0.5, 0.6) is 0 Å². The predicted octanol–water partition coefficient (Wildman–Crippen LogP) is 3.39. The first kappa shape index (κ1) is 15.4. The summed E-state index contributed by atoms with van der Waals surface area (Å²) in [5, 5.41) is 19.8. The second-order valence-corrected chi connectivity index (χ2v) is 5.93. The van der Waals surface area contributed by atoms with Gasteiger partial charge in [0.25, 0.3) is 0 Å². The van der Waals surface area contributed by atoms with Gasteiger partial charge in [-0.25, -0.2) is 0 Å². The summed E-state index contributed by atoms with van der Waals surface area (Å²) in [4.78, 5) is 11.3. The van der Waals surface area contributed by atoms with Gasteiger partial charge >= 0.3 is 5.97 Å². The Bertz CT molecular complexity index is 398. The average molecular weight is 362 g/mol. The van der Waals surface area contributed by atoms with Crippen LogP contribution in [-0.4, -0.2) is 16.2 Å². The highest BCUT2D eigenvalue weighted by Gasteiger charge is 2.38. The molecule has 0 radical (unpaired) electrons. The second-order valence-electron chi connectivity index (χ2n) is 4.69. The van der Waals surface area contributed by atoms with E-state index in [1.54, 1.807) is 19.1 Å². The van der Waals surface area contributed by atoms with Crippen LogP contribution in [0.15, 0.2) is 24.3 Å². The maximum Gasteiger partial charge on any atom is 0.309 e. The molecule has 0 aromatic heterocycles. The van der Waals surface area contributed by atoms with Gasteiger partial charge in [-0.3, -0.25) is 4.79 Å². The molecule has 0 aliphatic carbocycles. The molecule has 100 valence electrons. The van der Waals surface area contributed by atoms with Gasteiger partial charge in [-0.05, 0) is 53.6 Å². The number of rotatable bonds is 6. The summed E-state index contributed by atoms with van der Waals surface area (Å²) in [5.41, 5.74) is -0.669. The molecule has 0 saturated carbocycles. The summed E-state index contributed by atoms with van der Waals surface area (Å²) in [7, 11) is 0. The molecular formula is C14H19IO3. The molecule has 0 fully saturated rings. The number of carboxylic acid groups (broad SMARTS) is 1. The Morgan fingerprint density at radius 2 is 1.94 bits per heavy atom. The van der Waals surface area contributed by atoms with Gasteiger partial charge in [-0.1, -0.05) is 31.9 Å². The lowest BCUT2D eigenvalue weighted by atomic mass is 9.80. The number of unbranched alkanes of at least 4 members (excludes halogenated alkanes) is 1. The summed E-state index contributed by atoms with van der Waals surface area (Å²) >= 11 is 2.18. The van der Waals surface area contributed by atoms with Gasteiger partial charge in [0.15, 0.2) is 0 Å². The Hall–Kier alpha value is -0.620. The fourth-order valence-corrected chi connectivity index (χ4v) is 2.40. The number of benzene rings is 1. The van der Waals surface area contributed by atoms with E-state index in [9.17, 15) is 15.0 Å². The molecule has 3 nitrogen and oxygen atoms in total. The van der Waals surface area contributed by atoms with Crippen LogP contribution in [0.1, 0.15) is 38.7 Å². The van der Waals surface area contributed by atoms with Gasteiger partial charge in [-0.2, -0.15) is 0 Å². The van der Waals surface area contributed by atoms with E-state index in [1.807, 2.05) is 19.1 Å². The third kappa shape index (κ3) is 3.68. The molecular weight excluding hydrogens is 343 g/mol. The lowest BCUT2D eigenvalue weighted by Gasteiger charge is -2.30. The summed E-state index contributed by atoms with van der Waals surface area (Å²) in [5.74, 6) is -1.70. The van der Waals surface area contributed by atoms with Crippen LogP contribution in [-0.2, 0) is 10.4 Å². The monoisotopic (exact) mass is 362 g/mol. The molecule has 18 heavy (non-hydrogen) atoms. The molecule has 1 aromatic carbocycles. The molecule has 0 spiro atoms. The van der Waals surface area contributed by atoms with Gasteiger partial charge in [0.2, 0.25) is 0 Å². The lowest BCUT2D eigenvalue weighted by Crippen LogP contribution is -2.37. The normalized spacial score (nSPS) is 16.0. The van der Waals surface area contributed by atoms with E-state index < -0.39 is 17.5 Å². The maximum atomic E-state index is 11.3. The first-order chi connectivity index (χ1) is 8.39. The SMILES string of the molecule is CCCCC(C(=O)O)C(C)(O)c1ccc(I)cc1. The number of hydrogen-bond donors (Lipinski definition) is 2. The Labute approximate surface area is 121 Å². The third-order valence-electron chi connectivity index (χ3n) is 3.25. The molecule has 0 amide bonds. The van der Waals surface area contributed by atoms with E-state index in [0.717, 1.165) is 16.4 Å². The van der Waals surface area contributed by atoms with Crippen molar-refractivity contribution in [1.29, 1.82) is 0 Å². The van der Waals surface area contributed by atoms with Crippen LogP contribution in [0.3, 0.4) is 0 Å². The minimum atomic E-state index is -1.33. The van der Waals surface area contributed by atoms with Gasteiger partial charge in [0, 0.05) is 3.57 Å². The molecule has 2 N–H and O–H groups in total. The summed E-state index contributed by atoms with van der Waals surface area (Å²) < 4.78 is 1.06. The summed E-state index contributed by atoms with van der Waals surface area (Å²) in [6, 6.07) is 7.35. The minimum absolute atomic E-state index is 0.491. The van der Waals surface area contributed by atoms with E-state index >= 15 is 0 Å². The van der Waals surface area contributed by atoms with Crippen molar-refractivity contribution < 1.29 is 15.0 Å². The quantitative estimate of drug-likeness (QED) is 0.763. The first-order valence-electron chi connectivity index (χ1n) is 6.10. The standard InChI is InChI=1S/C14H19IO3/c1-3-4-5-12(13(16)17)14(2,18)10-6-8-11(15)9-7-10/h6-9,12,18H,3-5H2,1-2H3,(H,16,17). The molecule has 1 rings (SSSR count). The van der Waals surface area contributed by atoms with Crippen molar-refractivity contribution in [3.05, 3.63) is 33.4 Å². The lowest BCUT2D eigenvalue weighted by molar-refractivity contribution is -0.152. The van der Waals surface area contributed by atoms with Gasteiger partial charge in [0.05, 0.1) is 5.92 Å². The minimum Gasteiger partial charge on any atom is -0.481 e. The van der Waals surface area contributed by atoms with Crippen molar-refractivity contribution >= 4 is 28.6 Å². The number of halogens is 1. The summed E-state index contributed by atoms with van der Waals surface area (Å²) in [6.45, 7) is 3.60. The number of aliphatic carboxylic acids is 1. The maximum absolute atomic E-state index is 11.3. The molecule has 2 atom stereocenters. The zero-order valence-corrected chi connectivity index (χ0v) is 12.8. The van der Waals surface area contributed by atoms with Crippen molar-refractivity contribution in [3.8, 4) is 0 Å². The highest BCUT2D eigenvalue weighted by atomic mass is 127. The molecule has 0 aliphatic rings. The van der Waals surface area contributed by atoms with Crippen LogP contribution in [0.4, 0.5) is 0 Å². The fourth-order valence-electron chi connectivity index (χ4n) is 2.04. The van der Waals surface area contributed by atoms with Crippen molar-refractivity contribution in [2.45, 2.75) is 38.7 Å². The highest BCUT2D eigenvalue weighted by Crippen LogP contribution is 2.33. The molecule has 0 aliphatic heterocycles. The number of aliphatic hydroxyl groups is 1. The first-order valence-corrected chi connectivity index (χ1v) is 7.18. The van der Waals surface area contributed by atoms with Crippen molar-refractivity contribution in [2.24, 2.45) is 5.92 Å². The van der Waals surface area contributed by atoms with Crippen LogP contribution >= 0.6 is 22.6 Å². The van der Waals surface area contributed by atoms with E-state index in [4.69, 9.17) is 0 Å². The van der Waals surface area contributed by atoms with Crippen LogP contribution < -0.4 is 0 Å². The zero-order chi connectivity index (χ0) is 13.8.